The average Bonchev–Trinajstić information content (AvgIpc) is 3.13. The van der Waals surface area contributed by atoms with E-state index in [0.29, 0.717) is 5.92 Å². The summed E-state index contributed by atoms with van der Waals surface area (Å²) >= 11 is 0. The van der Waals surface area contributed by atoms with Gasteiger partial charge in [-0.2, -0.15) is 0 Å². The molecule has 0 saturated carbocycles. The maximum atomic E-state index is 4.61. The monoisotopic (exact) mass is 631 g/mol. The summed E-state index contributed by atoms with van der Waals surface area (Å²) in [4.78, 5) is 4.61. The number of nitrogens with zero attached hydrogens (tertiary/aromatic N) is 1. The molecule has 0 spiro atoms. The molecule has 0 aliphatic heterocycles. The van der Waals surface area contributed by atoms with Gasteiger partial charge in [-0.15, -0.1) is 0 Å². The SMILES string of the molecule is CC(C)(C)c1cc2c3c(c1)CCC1=C(c4ccc(-c5ccccn5)cc4)C=C(c4cccc(-c5ccc6ccccc6c5)c4)C(C)(C=C2)C13. The highest BCUT2D eigenvalue weighted by Crippen LogP contribution is 2.62. The van der Waals surface area contributed by atoms with Crippen molar-refractivity contribution in [1.82, 2.24) is 4.98 Å². The van der Waals surface area contributed by atoms with E-state index >= 15 is 0 Å². The molecule has 9 rings (SSSR count). The van der Waals surface area contributed by atoms with Gasteiger partial charge in [-0.1, -0.05) is 142 Å². The molecule has 0 radical (unpaired) electrons. The Morgan fingerprint density at radius 3 is 2.18 bits per heavy atom. The third kappa shape index (κ3) is 4.94. The van der Waals surface area contributed by atoms with E-state index in [4.69, 9.17) is 0 Å². The predicted molar refractivity (Wildman–Crippen MR) is 207 cm³/mol. The van der Waals surface area contributed by atoms with Crippen LogP contribution in [0.4, 0.5) is 0 Å². The molecule has 2 unspecified atom stereocenters. The topological polar surface area (TPSA) is 12.9 Å². The molecule has 3 aliphatic rings. The molecule has 3 aliphatic carbocycles. The Morgan fingerprint density at radius 1 is 0.653 bits per heavy atom. The molecule has 0 saturated heterocycles. The number of hydrogen-bond donors (Lipinski definition) is 0. The lowest BCUT2D eigenvalue weighted by atomic mass is 9.54. The highest BCUT2D eigenvalue weighted by molar-refractivity contribution is 5.95. The first-order chi connectivity index (χ1) is 23.8. The van der Waals surface area contributed by atoms with Crippen LogP contribution in [0.1, 0.15) is 73.4 Å². The predicted octanol–water partition coefficient (Wildman–Crippen LogP) is 12.5. The molecule has 1 heterocycles. The fourth-order valence-electron chi connectivity index (χ4n) is 8.66. The van der Waals surface area contributed by atoms with E-state index in [9.17, 15) is 0 Å². The second-order valence-corrected chi connectivity index (χ2v) is 15.4. The van der Waals surface area contributed by atoms with Crippen molar-refractivity contribution in [1.29, 1.82) is 0 Å². The minimum absolute atomic E-state index is 0.109. The summed E-state index contributed by atoms with van der Waals surface area (Å²) in [5.41, 5.74) is 17.4. The second kappa shape index (κ2) is 11.1. The van der Waals surface area contributed by atoms with E-state index in [-0.39, 0.29) is 10.8 Å². The van der Waals surface area contributed by atoms with Crippen molar-refractivity contribution >= 4 is 28.0 Å². The van der Waals surface area contributed by atoms with Gasteiger partial charge in [-0.3, -0.25) is 4.98 Å². The van der Waals surface area contributed by atoms with Crippen molar-refractivity contribution in [2.75, 3.05) is 0 Å². The number of hydrogen-bond acceptors (Lipinski definition) is 1. The smallest absolute Gasteiger partial charge is 0.0701 e. The fourth-order valence-corrected chi connectivity index (χ4v) is 8.66. The molecule has 1 nitrogen and oxygen atoms in total. The Kier molecular flexibility index (Phi) is 6.78. The number of rotatable bonds is 4. The Labute approximate surface area is 290 Å². The van der Waals surface area contributed by atoms with Crippen molar-refractivity contribution in [3.63, 3.8) is 0 Å². The lowest BCUT2D eigenvalue weighted by Crippen LogP contribution is -2.35. The zero-order chi connectivity index (χ0) is 33.3. The van der Waals surface area contributed by atoms with E-state index in [2.05, 4.69) is 166 Å². The maximum absolute atomic E-state index is 4.61. The maximum Gasteiger partial charge on any atom is 0.0701 e. The molecular weight excluding hydrogens is 591 g/mol. The van der Waals surface area contributed by atoms with Crippen LogP contribution in [0, 0.1) is 5.41 Å². The highest BCUT2D eigenvalue weighted by atomic mass is 14.7. The highest BCUT2D eigenvalue weighted by Gasteiger charge is 2.47. The molecule has 5 aromatic carbocycles. The van der Waals surface area contributed by atoms with Gasteiger partial charge >= 0.3 is 0 Å². The summed E-state index contributed by atoms with van der Waals surface area (Å²) in [5.74, 6) is 0.292. The third-order valence-corrected chi connectivity index (χ3v) is 11.3. The van der Waals surface area contributed by atoms with Crippen molar-refractivity contribution in [3.8, 4) is 22.4 Å². The van der Waals surface area contributed by atoms with E-state index < -0.39 is 0 Å². The summed E-state index contributed by atoms with van der Waals surface area (Å²) in [6.45, 7) is 9.49. The van der Waals surface area contributed by atoms with E-state index in [1.165, 1.54) is 66.4 Å². The van der Waals surface area contributed by atoms with Gasteiger partial charge in [0.25, 0.3) is 0 Å². The molecular formula is C48H41N. The van der Waals surface area contributed by atoms with Gasteiger partial charge in [-0.25, -0.2) is 0 Å². The van der Waals surface area contributed by atoms with Gasteiger partial charge in [0.2, 0.25) is 0 Å². The zero-order valence-corrected chi connectivity index (χ0v) is 28.8. The normalized spacial score (nSPS) is 19.5. The van der Waals surface area contributed by atoms with Gasteiger partial charge in [0, 0.05) is 23.1 Å². The molecule has 0 N–H and O–H groups in total. The lowest BCUT2D eigenvalue weighted by molar-refractivity contribution is 0.454. The van der Waals surface area contributed by atoms with Crippen LogP contribution in [-0.2, 0) is 11.8 Å². The van der Waals surface area contributed by atoms with Crippen molar-refractivity contribution in [2.24, 2.45) is 5.41 Å². The van der Waals surface area contributed by atoms with Gasteiger partial charge in [0.15, 0.2) is 0 Å². The number of aryl methyl sites for hydroxylation is 1. The molecule has 49 heavy (non-hydrogen) atoms. The van der Waals surface area contributed by atoms with E-state index in [1.807, 2.05) is 12.3 Å². The van der Waals surface area contributed by atoms with Crippen LogP contribution in [0.2, 0.25) is 0 Å². The second-order valence-electron chi connectivity index (χ2n) is 15.4. The largest absolute Gasteiger partial charge is 0.256 e. The summed E-state index contributed by atoms with van der Waals surface area (Å²) in [7, 11) is 0. The van der Waals surface area contributed by atoms with Crippen LogP contribution in [0.5, 0.6) is 0 Å². The third-order valence-electron chi connectivity index (χ3n) is 11.3. The van der Waals surface area contributed by atoms with E-state index in [1.54, 1.807) is 5.57 Å². The Balaban J connectivity index is 1.23. The standard InChI is InChI=1S/C48H41N/c1-47(2,3)40-28-38-21-22-41-42(32-16-18-33(19-17-32)44-14-7-8-25-49-44)30-43(48(4)24-23-39(29-40)45(38)46(41)48)37-13-9-12-35(27-37)36-20-15-31-10-5-6-11-34(31)26-36/h5-20,23-30,46H,21-22H2,1-4H3. The number of allylic oxidation sites excluding steroid dienone is 5. The molecule has 0 fully saturated rings. The van der Waals surface area contributed by atoms with Crippen LogP contribution in [0.15, 0.2) is 145 Å². The number of pyridine rings is 1. The summed E-state index contributed by atoms with van der Waals surface area (Å²) in [5, 5.41) is 2.55. The van der Waals surface area contributed by atoms with Crippen LogP contribution in [0.3, 0.4) is 0 Å². The van der Waals surface area contributed by atoms with Gasteiger partial charge in [0.05, 0.1) is 5.69 Å². The van der Waals surface area contributed by atoms with E-state index in [0.717, 1.165) is 24.1 Å². The lowest BCUT2D eigenvalue weighted by Gasteiger charge is -2.49. The van der Waals surface area contributed by atoms with Crippen molar-refractivity contribution in [2.45, 2.75) is 51.9 Å². The number of fused-ring (bicyclic) bond motifs is 1. The zero-order valence-electron chi connectivity index (χ0n) is 28.8. The van der Waals surface area contributed by atoms with Crippen LogP contribution < -0.4 is 0 Å². The summed E-state index contributed by atoms with van der Waals surface area (Å²) in [6.07, 6.45) is 11.5. The molecule has 0 amide bonds. The minimum atomic E-state index is -0.167. The Bertz CT molecular complexity index is 2360. The first-order valence-electron chi connectivity index (χ1n) is 17.7. The van der Waals surface area contributed by atoms with Crippen molar-refractivity contribution in [3.05, 3.63) is 179 Å². The molecule has 1 heteroatoms. The molecule has 0 bridgehead atoms. The molecule has 2 atom stereocenters. The van der Waals surface area contributed by atoms with Crippen molar-refractivity contribution < 1.29 is 0 Å². The van der Waals surface area contributed by atoms with Crippen LogP contribution in [-0.4, -0.2) is 4.98 Å². The van der Waals surface area contributed by atoms with Gasteiger partial charge in [0.1, 0.15) is 0 Å². The first-order valence-corrected chi connectivity index (χ1v) is 17.7. The van der Waals surface area contributed by atoms with Gasteiger partial charge in [-0.05, 0) is 115 Å². The quantitative estimate of drug-likeness (QED) is 0.189. The molecule has 6 aromatic rings. The number of benzene rings is 5. The number of aromatic nitrogens is 1. The van der Waals surface area contributed by atoms with Gasteiger partial charge < -0.3 is 0 Å². The molecule has 238 valence electrons. The van der Waals surface area contributed by atoms with Crippen LogP contribution in [0.25, 0.3) is 50.4 Å². The van der Waals surface area contributed by atoms with Crippen LogP contribution >= 0.6 is 0 Å². The Hall–Kier alpha value is -5.27. The molecule has 1 aromatic heterocycles. The summed E-state index contributed by atoms with van der Waals surface area (Å²) < 4.78 is 0. The Morgan fingerprint density at radius 2 is 1.39 bits per heavy atom. The first kappa shape index (κ1) is 29.8. The minimum Gasteiger partial charge on any atom is -0.256 e. The fraction of sp³-hybridized carbons (Fsp3) is 0.188. The average molecular weight is 632 g/mol. The summed E-state index contributed by atoms with van der Waals surface area (Å²) in [6, 6.07) is 44.9.